The Morgan fingerprint density at radius 1 is 1.25 bits per heavy atom. The Labute approximate surface area is 119 Å². The Balaban J connectivity index is 2.09. The van der Waals surface area contributed by atoms with Gasteiger partial charge >= 0.3 is 0 Å². The molecule has 20 heavy (non-hydrogen) atoms. The van der Waals surface area contributed by atoms with Gasteiger partial charge in [0, 0.05) is 25.3 Å². The molecule has 0 radical (unpaired) electrons. The first-order valence-electron chi connectivity index (χ1n) is 6.51. The molecule has 1 atom stereocenters. The van der Waals surface area contributed by atoms with Gasteiger partial charge in [-0.2, -0.15) is 0 Å². The molecule has 1 saturated heterocycles. The Hall–Kier alpha value is -1.56. The van der Waals surface area contributed by atoms with Crippen LogP contribution in [-0.2, 0) is 9.84 Å². The summed E-state index contributed by atoms with van der Waals surface area (Å²) < 4.78 is 23.1. The lowest BCUT2D eigenvalue weighted by molar-refractivity contribution is 0.0915. The monoisotopic (exact) mass is 296 g/mol. The number of hydrogen-bond donors (Lipinski definition) is 1. The standard InChI is InChI=1S/C14H20N2O3S/c1-14(8-9-20(18,19)10-14)15-13(17)11-4-6-12(7-5-11)16(2)3/h4-7H,8-10H2,1-3H3,(H,15,17)/t14-/m1/s1. The zero-order chi connectivity index (χ0) is 15.0. The van der Waals surface area contributed by atoms with Crippen LogP contribution in [0.5, 0.6) is 0 Å². The summed E-state index contributed by atoms with van der Waals surface area (Å²) >= 11 is 0. The van der Waals surface area contributed by atoms with Crippen molar-refractivity contribution in [2.45, 2.75) is 18.9 Å². The summed E-state index contributed by atoms with van der Waals surface area (Å²) in [5, 5.41) is 2.84. The Kier molecular flexibility index (Phi) is 3.77. The second-order valence-electron chi connectivity index (χ2n) is 5.80. The first kappa shape index (κ1) is 14.8. The number of benzene rings is 1. The summed E-state index contributed by atoms with van der Waals surface area (Å²) in [4.78, 5) is 14.1. The van der Waals surface area contributed by atoms with Gasteiger partial charge in [-0.15, -0.1) is 0 Å². The molecule has 1 heterocycles. The predicted octanol–water partition coefficient (Wildman–Crippen LogP) is 1.06. The number of nitrogens with zero attached hydrogens (tertiary/aromatic N) is 1. The molecule has 1 aliphatic rings. The summed E-state index contributed by atoms with van der Waals surface area (Å²) in [6, 6.07) is 7.22. The molecule has 0 saturated carbocycles. The molecule has 0 aromatic heterocycles. The molecular weight excluding hydrogens is 276 g/mol. The largest absolute Gasteiger partial charge is 0.378 e. The average Bonchev–Trinajstić information content (AvgIpc) is 2.63. The van der Waals surface area contributed by atoms with E-state index in [4.69, 9.17) is 0 Å². The first-order chi connectivity index (χ1) is 9.21. The third-order valence-electron chi connectivity index (χ3n) is 3.56. The van der Waals surface area contributed by atoms with E-state index >= 15 is 0 Å². The quantitative estimate of drug-likeness (QED) is 0.906. The molecule has 1 aromatic carbocycles. The van der Waals surface area contributed by atoms with E-state index in [2.05, 4.69) is 5.32 Å². The molecule has 1 fully saturated rings. The maximum atomic E-state index is 12.2. The van der Waals surface area contributed by atoms with Crippen molar-refractivity contribution in [3.05, 3.63) is 29.8 Å². The Bertz CT molecular complexity index is 608. The first-order valence-corrected chi connectivity index (χ1v) is 8.33. The number of carbonyl (C=O) groups is 1. The lowest BCUT2D eigenvalue weighted by Gasteiger charge is -2.24. The smallest absolute Gasteiger partial charge is 0.251 e. The van der Waals surface area contributed by atoms with Crippen molar-refractivity contribution >= 4 is 21.4 Å². The highest BCUT2D eigenvalue weighted by atomic mass is 32.2. The number of carbonyl (C=O) groups excluding carboxylic acids is 1. The number of amides is 1. The summed E-state index contributed by atoms with van der Waals surface area (Å²) in [6.07, 6.45) is 0.469. The van der Waals surface area contributed by atoms with Gasteiger partial charge in [-0.3, -0.25) is 4.79 Å². The number of anilines is 1. The van der Waals surface area contributed by atoms with Crippen LogP contribution in [0.2, 0.25) is 0 Å². The number of rotatable bonds is 3. The van der Waals surface area contributed by atoms with Gasteiger partial charge < -0.3 is 10.2 Å². The summed E-state index contributed by atoms with van der Waals surface area (Å²) in [6.45, 7) is 1.78. The van der Waals surface area contributed by atoms with Crippen LogP contribution in [0.1, 0.15) is 23.7 Å². The van der Waals surface area contributed by atoms with E-state index in [1.54, 1.807) is 19.1 Å². The van der Waals surface area contributed by atoms with E-state index in [1.807, 2.05) is 31.1 Å². The number of hydrogen-bond acceptors (Lipinski definition) is 4. The van der Waals surface area contributed by atoms with Gasteiger partial charge in [0.15, 0.2) is 9.84 Å². The minimum atomic E-state index is -3.02. The second-order valence-corrected chi connectivity index (χ2v) is 7.98. The third kappa shape index (κ3) is 3.30. The molecule has 2 rings (SSSR count). The van der Waals surface area contributed by atoms with Gasteiger partial charge in [0.05, 0.1) is 17.0 Å². The van der Waals surface area contributed by atoms with Crippen molar-refractivity contribution in [1.29, 1.82) is 0 Å². The van der Waals surface area contributed by atoms with Crippen LogP contribution in [-0.4, -0.2) is 45.5 Å². The molecule has 1 amide bonds. The van der Waals surface area contributed by atoms with Gasteiger partial charge in [0.2, 0.25) is 0 Å². The van der Waals surface area contributed by atoms with E-state index < -0.39 is 15.4 Å². The molecular formula is C14H20N2O3S. The third-order valence-corrected chi connectivity index (χ3v) is 5.47. The van der Waals surface area contributed by atoms with E-state index in [9.17, 15) is 13.2 Å². The molecule has 0 aliphatic carbocycles. The molecule has 1 aromatic rings. The second kappa shape index (κ2) is 5.09. The van der Waals surface area contributed by atoms with Gasteiger partial charge in [-0.05, 0) is 37.6 Å². The highest BCUT2D eigenvalue weighted by Crippen LogP contribution is 2.23. The molecule has 0 spiro atoms. The Morgan fingerprint density at radius 2 is 1.85 bits per heavy atom. The summed E-state index contributed by atoms with van der Waals surface area (Å²) in [7, 11) is 0.839. The van der Waals surface area contributed by atoms with Crippen LogP contribution in [0.4, 0.5) is 5.69 Å². The van der Waals surface area contributed by atoms with Crippen LogP contribution < -0.4 is 10.2 Å². The van der Waals surface area contributed by atoms with Crippen LogP contribution in [0.3, 0.4) is 0 Å². The fourth-order valence-corrected chi connectivity index (χ4v) is 4.46. The fourth-order valence-electron chi connectivity index (χ4n) is 2.37. The van der Waals surface area contributed by atoms with Crippen molar-refractivity contribution < 1.29 is 13.2 Å². The Morgan fingerprint density at radius 3 is 2.30 bits per heavy atom. The van der Waals surface area contributed by atoms with E-state index in [-0.39, 0.29) is 17.4 Å². The van der Waals surface area contributed by atoms with Crippen LogP contribution in [0.15, 0.2) is 24.3 Å². The normalized spacial score (nSPS) is 24.4. The molecule has 1 N–H and O–H groups in total. The van der Waals surface area contributed by atoms with Crippen molar-refractivity contribution in [3.63, 3.8) is 0 Å². The average molecular weight is 296 g/mol. The zero-order valence-electron chi connectivity index (χ0n) is 12.0. The van der Waals surface area contributed by atoms with E-state index in [1.165, 1.54) is 0 Å². The van der Waals surface area contributed by atoms with Crippen LogP contribution >= 0.6 is 0 Å². The maximum absolute atomic E-state index is 12.2. The van der Waals surface area contributed by atoms with Gasteiger partial charge in [-0.25, -0.2) is 8.42 Å². The maximum Gasteiger partial charge on any atom is 0.251 e. The summed E-state index contributed by atoms with van der Waals surface area (Å²) in [5.41, 5.74) is 0.896. The fraction of sp³-hybridized carbons (Fsp3) is 0.500. The van der Waals surface area contributed by atoms with Crippen molar-refractivity contribution in [1.82, 2.24) is 5.32 Å². The lowest BCUT2D eigenvalue weighted by atomic mass is 10.0. The topological polar surface area (TPSA) is 66.5 Å². The number of nitrogens with one attached hydrogen (secondary N) is 1. The number of sulfone groups is 1. The van der Waals surface area contributed by atoms with E-state index in [0.717, 1.165) is 5.69 Å². The van der Waals surface area contributed by atoms with Crippen LogP contribution in [0.25, 0.3) is 0 Å². The molecule has 6 heteroatoms. The zero-order valence-corrected chi connectivity index (χ0v) is 12.8. The predicted molar refractivity (Wildman–Crippen MR) is 79.9 cm³/mol. The lowest BCUT2D eigenvalue weighted by Crippen LogP contribution is -2.46. The molecule has 0 unspecified atom stereocenters. The highest BCUT2D eigenvalue weighted by molar-refractivity contribution is 7.91. The molecule has 5 nitrogen and oxygen atoms in total. The van der Waals surface area contributed by atoms with E-state index in [0.29, 0.717) is 12.0 Å². The highest BCUT2D eigenvalue weighted by Gasteiger charge is 2.39. The minimum Gasteiger partial charge on any atom is -0.378 e. The van der Waals surface area contributed by atoms with Gasteiger partial charge in [0.25, 0.3) is 5.91 Å². The van der Waals surface area contributed by atoms with Crippen molar-refractivity contribution in [2.24, 2.45) is 0 Å². The molecule has 0 bridgehead atoms. The molecule has 1 aliphatic heterocycles. The van der Waals surface area contributed by atoms with Gasteiger partial charge in [-0.1, -0.05) is 0 Å². The SMILES string of the molecule is CN(C)c1ccc(C(=O)N[C@]2(C)CCS(=O)(=O)C2)cc1. The minimum absolute atomic E-state index is 0.0154. The molecule has 110 valence electrons. The van der Waals surface area contributed by atoms with Crippen molar-refractivity contribution in [2.75, 3.05) is 30.5 Å². The summed E-state index contributed by atoms with van der Waals surface area (Å²) in [5.74, 6) is -0.0693. The van der Waals surface area contributed by atoms with Crippen molar-refractivity contribution in [3.8, 4) is 0 Å². The van der Waals surface area contributed by atoms with Crippen LogP contribution in [0, 0.1) is 0 Å². The van der Waals surface area contributed by atoms with Gasteiger partial charge in [0.1, 0.15) is 0 Å².